The first kappa shape index (κ1) is 19.2. The number of esters is 1. The summed E-state index contributed by atoms with van der Waals surface area (Å²) in [5.41, 5.74) is 7.76. The standard InChI is InChI=1S/C23H24ClNO2/c1-6-11-25-14(2)12-20-22(17-7-9-18(24)10-8-17)19(13-21(26)27-5)15(3)16(4)23(20)25/h6-10,12H,1,11,13H2,2-5H3. The molecule has 0 N–H and O–H groups in total. The summed E-state index contributed by atoms with van der Waals surface area (Å²) >= 11 is 6.10. The number of hydrogen-bond acceptors (Lipinski definition) is 2. The fourth-order valence-corrected chi connectivity index (χ4v) is 3.90. The van der Waals surface area contributed by atoms with Crippen molar-refractivity contribution in [2.24, 2.45) is 0 Å². The van der Waals surface area contributed by atoms with Crippen molar-refractivity contribution in [2.45, 2.75) is 33.7 Å². The van der Waals surface area contributed by atoms with Crippen LogP contribution in [0.5, 0.6) is 0 Å². The van der Waals surface area contributed by atoms with Gasteiger partial charge in [-0.3, -0.25) is 4.79 Å². The molecule has 0 unspecified atom stereocenters. The summed E-state index contributed by atoms with van der Waals surface area (Å²) in [4.78, 5) is 12.1. The smallest absolute Gasteiger partial charge is 0.310 e. The van der Waals surface area contributed by atoms with Crippen molar-refractivity contribution >= 4 is 28.5 Å². The summed E-state index contributed by atoms with van der Waals surface area (Å²) in [6.45, 7) is 10.9. The van der Waals surface area contributed by atoms with Crippen molar-refractivity contribution in [3.63, 3.8) is 0 Å². The Bertz CT molecular complexity index is 1030. The van der Waals surface area contributed by atoms with Gasteiger partial charge in [0.05, 0.1) is 19.0 Å². The van der Waals surface area contributed by atoms with E-state index in [0.717, 1.165) is 39.9 Å². The van der Waals surface area contributed by atoms with Gasteiger partial charge < -0.3 is 9.30 Å². The van der Waals surface area contributed by atoms with Gasteiger partial charge in [0, 0.05) is 22.6 Å². The van der Waals surface area contributed by atoms with E-state index >= 15 is 0 Å². The molecule has 3 nitrogen and oxygen atoms in total. The van der Waals surface area contributed by atoms with Crippen molar-refractivity contribution in [1.29, 1.82) is 0 Å². The summed E-state index contributed by atoms with van der Waals surface area (Å²) < 4.78 is 7.23. The highest BCUT2D eigenvalue weighted by atomic mass is 35.5. The summed E-state index contributed by atoms with van der Waals surface area (Å²) in [7, 11) is 1.43. The van der Waals surface area contributed by atoms with Crippen molar-refractivity contribution in [3.8, 4) is 11.1 Å². The summed E-state index contributed by atoms with van der Waals surface area (Å²) in [6, 6.07) is 9.97. The highest BCUT2D eigenvalue weighted by Gasteiger charge is 2.21. The molecule has 2 aromatic carbocycles. The number of fused-ring (bicyclic) bond motifs is 1. The van der Waals surface area contributed by atoms with Gasteiger partial charge in [-0.2, -0.15) is 0 Å². The van der Waals surface area contributed by atoms with Crippen LogP contribution in [0.1, 0.15) is 22.4 Å². The first-order valence-electron chi connectivity index (χ1n) is 8.94. The van der Waals surface area contributed by atoms with Crippen LogP contribution in [0.2, 0.25) is 5.02 Å². The van der Waals surface area contributed by atoms with E-state index in [0.29, 0.717) is 5.02 Å². The molecule has 0 aliphatic heterocycles. The number of nitrogens with zero attached hydrogens (tertiary/aromatic N) is 1. The molecule has 0 aliphatic rings. The molecule has 0 atom stereocenters. The second-order valence-corrected chi connectivity index (χ2v) is 7.25. The Morgan fingerprint density at radius 1 is 1.19 bits per heavy atom. The van der Waals surface area contributed by atoms with Gasteiger partial charge in [-0.15, -0.1) is 6.58 Å². The van der Waals surface area contributed by atoms with Crippen molar-refractivity contribution in [2.75, 3.05) is 7.11 Å². The molecule has 4 heteroatoms. The van der Waals surface area contributed by atoms with E-state index in [2.05, 4.69) is 38.0 Å². The number of aromatic nitrogens is 1. The van der Waals surface area contributed by atoms with Gasteiger partial charge in [0.15, 0.2) is 0 Å². The molecule has 0 spiro atoms. The van der Waals surface area contributed by atoms with Crippen molar-refractivity contribution < 1.29 is 9.53 Å². The highest BCUT2D eigenvalue weighted by Crippen LogP contribution is 2.39. The number of benzene rings is 2. The van der Waals surface area contributed by atoms with E-state index in [4.69, 9.17) is 16.3 Å². The number of carbonyl (C=O) groups excluding carboxylic acids is 1. The third kappa shape index (κ3) is 3.40. The van der Waals surface area contributed by atoms with Crippen LogP contribution in [0.3, 0.4) is 0 Å². The van der Waals surface area contributed by atoms with Gasteiger partial charge in [0.2, 0.25) is 0 Å². The molecule has 140 valence electrons. The Balaban J connectivity index is 2.43. The number of halogens is 1. The predicted octanol–water partition coefficient (Wildman–Crippen LogP) is 5.79. The zero-order valence-corrected chi connectivity index (χ0v) is 17.0. The number of rotatable bonds is 5. The average Bonchev–Trinajstić information content (AvgIpc) is 2.97. The maximum absolute atomic E-state index is 12.1. The zero-order chi connectivity index (χ0) is 19.7. The normalized spacial score (nSPS) is 11.0. The number of allylic oxidation sites excluding steroid dienone is 1. The quantitative estimate of drug-likeness (QED) is 0.413. The second kappa shape index (κ2) is 7.61. The van der Waals surface area contributed by atoms with Crippen LogP contribution in [-0.2, 0) is 22.5 Å². The molecule has 0 fully saturated rings. The third-order valence-corrected chi connectivity index (χ3v) is 5.49. The summed E-state index contributed by atoms with van der Waals surface area (Å²) in [5.74, 6) is -0.241. The molecule has 0 saturated heterocycles. The lowest BCUT2D eigenvalue weighted by molar-refractivity contribution is -0.139. The first-order chi connectivity index (χ1) is 12.9. The van der Waals surface area contributed by atoms with Gasteiger partial charge in [-0.05, 0) is 66.8 Å². The number of hydrogen-bond donors (Lipinski definition) is 0. The van der Waals surface area contributed by atoms with Gasteiger partial charge >= 0.3 is 5.97 Å². The molecule has 3 rings (SSSR count). The van der Waals surface area contributed by atoms with Gasteiger partial charge in [-0.1, -0.05) is 29.8 Å². The minimum Gasteiger partial charge on any atom is -0.469 e. The summed E-state index contributed by atoms with van der Waals surface area (Å²) in [5, 5.41) is 1.83. The maximum atomic E-state index is 12.1. The lowest BCUT2D eigenvalue weighted by Crippen LogP contribution is -2.09. The van der Waals surface area contributed by atoms with Gasteiger partial charge in [0.1, 0.15) is 0 Å². The zero-order valence-electron chi connectivity index (χ0n) is 16.2. The van der Waals surface area contributed by atoms with Crippen LogP contribution in [0.4, 0.5) is 0 Å². The molecule has 27 heavy (non-hydrogen) atoms. The minimum absolute atomic E-state index is 0.239. The number of ether oxygens (including phenoxy) is 1. The van der Waals surface area contributed by atoms with Crippen molar-refractivity contribution in [3.05, 3.63) is 70.4 Å². The molecule has 0 radical (unpaired) electrons. The molecule has 1 aromatic heterocycles. The number of methoxy groups -OCH3 is 1. The van der Waals surface area contributed by atoms with Crippen LogP contribution in [-0.4, -0.2) is 17.6 Å². The number of carbonyl (C=O) groups is 1. The number of aryl methyl sites for hydroxylation is 2. The maximum Gasteiger partial charge on any atom is 0.310 e. The van der Waals surface area contributed by atoms with Crippen molar-refractivity contribution in [1.82, 2.24) is 4.57 Å². The predicted molar refractivity (Wildman–Crippen MR) is 113 cm³/mol. The van der Waals surface area contributed by atoms with Gasteiger partial charge in [-0.25, -0.2) is 0 Å². The monoisotopic (exact) mass is 381 g/mol. The lowest BCUT2D eigenvalue weighted by atomic mass is 9.88. The van der Waals surface area contributed by atoms with E-state index in [1.807, 2.05) is 30.3 Å². The van der Waals surface area contributed by atoms with E-state index in [1.54, 1.807) is 0 Å². The molecule has 0 saturated carbocycles. The first-order valence-corrected chi connectivity index (χ1v) is 9.32. The van der Waals surface area contributed by atoms with Crippen LogP contribution < -0.4 is 0 Å². The van der Waals surface area contributed by atoms with E-state index < -0.39 is 0 Å². The Labute approximate surface area is 165 Å². The van der Waals surface area contributed by atoms with Crippen LogP contribution in [0, 0.1) is 20.8 Å². The molecular weight excluding hydrogens is 358 g/mol. The Morgan fingerprint density at radius 2 is 1.85 bits per heavy atom. The second-order valence-electron chi connectivity index (χ2n) is 6.81. The Hall–Kier alpha value is -2.52. The molecule has 0 amide bonds. The lowest BCUT2D eigenvalue weighted by Gasteiger charge is -2.18. The fraction of sp³-hybridized carbons (Fsp3) is 0.261. The molecular formula is C23H24ClNO2. The topological polar surface area (TPSA) is 31.2 Å². The van der Waals surface area contributed by atoms with Crippen LogP contribution in [0.15, 0.2) is 43.0 Å². The minimum atomic E-state index is -0.241. The van der Waals surface area contributed by atoms with Crippen LogP contribution >= 0.6 is 11.6 Å². The molecule has 3 aromatic rings. The Morgan fingerprint density at radius 3 is 2.44 bits per heavy atom. The highest BCUT2D eigenvalue weighted by molar-refractivity contribution is 6.30. The SMILES string of the molecule is C=CCn1c(C)cc2c(-c3ccc(Cl)cc3)c(CC(=O)OC)c(C)c(C)c21. The Kier molecular flexibility index (Phi) is 5.43. The average molecular weight is 382 g/mol. The molecule has 0 bridgehead atoms. The van der Waals surface area contributed by atoms with Crippen LogP contribution in [0.25, 0.3) is 22.0 Å². The fourth-order valence-electron chi connectivity index (χ4n) is 3.77. The van der Waals surface area contributed by atoms with Gasteiger partial charge in [0.25, 0.3) is 0 Å². The van der Waals surface area contributed by atoms with E-state index in [-0.39, 0.29) is 12.4 Å². The largest absolute Gasteiger partial charge is 0.469 e. The molecule has 1 heterocycles. The van der Waals surface area contributed by atoms with E-state index in [9.17, 15) is 4.79 Å². The third-order valence-electron chi connectivity index (χ3n) is 5.24. The van der Waals surface area contributed by atoms with E-state index in [1.165, 1.54) is 18.2 Å². The molecule has 0 aliphatic carbocycles. The summed E-state index contributed by atoms with van der Waals surface area (Å²) in [6.07, 6.45) is 2.15.